The van der Waals surface area contributed by atoms with E-state index in [1.165, 1.54) is 36.8 Å². The highest BCUT2D eigenvalue weighted by Crippen LogP contribution is 2.44. The molecule has 2 aromatic rings. The molecule has 0 aromatic carbocycles. The molecule has 4 rings (SSSR count). The fourth-order valence-corrected chi connectivity index (χ4v) is 5.05. The minimum atomic E-state index is 0.584. The van der Waals surface area contributed by atoms with Gasteiger partial charge in [-0.3, -0.25) is 4.99 Å². The van der Waals surface area contributed by atoms with Crippen molar-refractivity contribution in [1.29, 1.82) is 0 Å². The van der Waals surface area contributed by atoms with Gasteiger partial charge in [0.15, 0.2) is 0 Å². The number of nitrogens with one attached hydrogen (secondary N) is 2. The number of hydrogen-bond acceptors (Lipinski definition) is 2. The molecule has 3 atom stereocenters. The summed E-state index contributed by atoms with van der Waals surface area (Å²) in [7, 11) is 1.72. The van der Waals surface area contributed by atoms with Gasteiger partial charge in [-0.2, -0.15) is 0 Å². The van der Waals surface area contributed by atoms with Crippen LogP contribution in [-0.4, -0.2) is 23.3 Å². The number of ether oxygens (including phenoxy) is 1. The van der Waals surface area contributed by atoms with Gasteiger partial charge in [0.25, 0.3) is 0 Å². The number of nitrogens with zero attached hydrogens (tertiary/aromatic N) is 1. The van der Waals surface area contributed by atoms with Crippen LogP contribution in [0.15, 0.2) is 46.2 Å². The van der Waals surface area contributed by atoms with E-state index in [4.69, 9.17) is 9.73 Å². The summed E-state index contributed by atoms with van der Waals surface area (Å²) in [6.07, 6.45) is 12.6. The molecule has 3 heterocycles. The first-order valence-corrected chi connectivity index (χ1v) is 11.0. The average molecular weight is 392 g/mol. The van der Waals surface area contributed by atoms with Crippen molar-refractivity contribution in [2.75, 3.05) is 7.11 Å². The summed E-state index contributed by atoms with van der Waals surface area (Å²) in [6, 6.07) is 6.10. The molecular weight excluding hydrogens is 358 g/mol. The van der Waals surface area contributed by atoms with E-state index < -0.39 is 0 Å². The summed E-state index contributed by atoms with van der Waals surface area (Å²) in [6.45, 7) is 7.13. The van der Waals surface area contributed by atoms with E-state index in [1.807, 2.05) is 18.3 Å². The summed E-state index contributed by atoms with van der Waals surface area (Å²) in [5.41, 5.74) is 7.02. The molecule has 2 aromatic heterocycles. The van der Waals surface area contributed by atoms with Crippen LogP contribution in [-0.2, 0) is 0 Å². The lowest BCUT2D eigenvalue weighted by atomic mass is 9.70. The second kappa shape index (κ2) is 8.48. The molecule has 1 aliphatic carbocycles. The average Bonchev–Trinajstić information content (AvgIpc) is 3.46. The predicted molar refractivity (Wildman–Crippen MR) is 121 cm³/mol. The lowest BCUT2D eigenvalue weighted by Crippen LogP contribution is -2.25. The van der Waals surface area contributed by atoms with Crippen molar-refractivity contribution >= 4 is 12.3 Å². The molecule has 0 bridgehead atoms. The number of aromatic nitrogens is 2. The van der Waals surface area contributed by atoms with Crippen LogP contribution in [0.25, 0.3) is 17.5 Å². The van der Waals surface area contributed by atoms with Gasteiger partial charge in [-0.15, -0.1) is 0 Å². The van der Waals surface area contributed by atoms with Gasteiger partial charge in [-0.1, -0.05) is 40.0 Å². The highest BCUT2D eigenvalue weighted by molar-refractivity contribution is 5.89. The maximum atomic E-state index is 5.62. The summed E-state index contributed by atoms with van der Waals surface area (Å²) in [5.74, 6) is 2.99. The third-order valence-corrected chi connectivity index (χ3v) is 6.80. The lowest BCUT2D eigenvalue weighted by molar-refractivity contribution is 0.242. The molecule has 1 aliphatic heterocycles. The summed E-state index contributed by atoms with van der Waals surface area (Å²) < 4.78 is 5.62. The van der Waals surface area contributed by atoms with Crippen LogP contribution in [0, 0.1) is 17.8 Å². The fraction of sp³-hybridized carbons (Fsp3) is 0.480. The molecule has 4 heteroatoms. The monoisotopic (exact) mass is 391 g/mol. The van der Waals surface area contributed by atoms with Gasteiger partial charge in [0.05, 0.1) is 29.9 Å². The van der Waals surface area contributed by atoms with Crippen LogP contribution < -0.4 is 4.74 Å². The first-order valence-electron chi connectivity index (χ1n) is 11.0. The first kappa shape index (κ1) is 19.8. The zero-order chi connectivity index (χ0) is 20.4. The lowest BCUT2D eigenvalue weighted by Gasteiger charge is -2.34. The molecule has 4 nitrogen and oxygen atoms in total. The number of aliphatic imine (C=N–C) groups is 1. The molecule has 2 aliphatic rings. The van der Waals surface area contributed by atoms with Crippen LogP contribution >= 0.6 is 0 Å². The van der Waals surface area contributed by atoms with Gasteiger partial charge < -0.3 is 14.7 Å². The Kier molecular flexibility index (Phi) is 5.79. The number of H-pyrrole nitrogens is 2. The standard InChI is InChI=1S/C25H33N3O/c1-5-6-8-16(2)18-10-11-19-20(17(18)3)15-27-22(19)13-24-25(29-4)14-23(28-24)21-9-7-12-26-21/h7,9,12-18,26,28H,5-6,8,10-11H2,1-4H3. The Morgan fingerprint density at radius 3 is 2.93 bits per heavy atom. The van der Waals surface area contributed by atoms with Gasteiger partial charge in [0.1, 0.15) is 5.75 Å². The first-order chi connectivity index (χ1) is 14.1. The van der Waals surface area contributed by atoms with Crippen molar-refractivity contribution in [2.45, 2.75) is 52.9 Å². The van der Waals surface area contributed by atoms with E-state index in [1.54, 1.807) is 7.11 Å². The zero-order valence-corrected chi connectivity index (χ0v) is 18.1. The summed E-state index contributed by atoms with van der Waals surface area (Å²) >= 11 is 0. The number of allylic oxidation sites excluding steroid dienone is 2. The van der Waals surface area contributed by atoms with Crippen LogP contribution in [0.3, 0.4) is 0 Å². The molecule has 0 saturated carbocycles. The molecule has 2 N–H and O–H groups in total. The van der Waals surface area contributed by atoms with E-state index in [0.717, 1.165) is 46.8 Å². The van der Waals surface area contributed by atoms with E-state index in [0.29, 0.717) is 5.92 Å². The molecule has 0 spiro atoms. The number of unbranched alkanes of at least 4 members (excludes halogenated alkanes) is 1. The Morgan fingerprint density at radius 1 is 1.34 bits per heavy atom. The molecular formula is C25H33N3O. The highest BCUT2D eigenvalue weighted by Gasteiger charge is 2.34. The minimum absolute atomic E-state index is 0.584. The van der Waals surface area contributed by atoms with Gasteiger partial charge in [0, 0.05) is 18.5 Å². The minimum Gasteiger partial charge on any atom is -0.494 e. The quantitative estimate of drug-likeness (QED) is 0.548. The van der Waals surface area contributed by atoms with Crippen molar-refractivity contribution in [2.24, 2.45) is 22.7 Å². The van der Waals surface area contributed by atoms with Gasteiger partial charge in [-0.25, -0.2) is 0 Å². The Hall–Kier alpha value is -2.49. The van der Waals surface area contributed by atoms with Crippen LogP contribution in [0.5, 0.6) is 5.75 Å². The SMILES string of the molecule is CCCCC(C)C1CCC2=C(C=NC2=Cc2[nH]c(-c3ccc[nH]3)cc2OC)C1C. The van der Waals surface area contributed by atoms with E-state index in [2.05, 4.69) is 49.1 Å². The summed E-state index contributed by atoms with van der Waals surface area (Å²) in [4.78, 5) is 11.5. The van der Waals surface area contributed by atoms with Crippen LogP contribution in [0.1, 0.15) is 58.6 Å². The van der Waals surface area contributed by atoms with Crippen molar-refractivity contribution < 1.29 is 4.74 Å². The smallest absolute Gasteiger partial charge is 0.144 e. The topological polar surface area (TPSA) is 53.2 Å². The number of aromatic amines is 2. The molecule has 0 amide bonds. The van der Waals surface area contributed by atoms with Crippen LogP contribution in [0.2, 0.25) is 0 Å². The third kappa shape index (κ3) is 3.85. The second-order valence-corrected chi connectivity index (χ2v) is 8.58. The summed E-state index contributed by atoms with van der Waals surface area (Å²) in [5, 5.41) is 0. The number of hydrogen-bond donors (Lipinski definition) is 2. The maximum Gasteiger partial charge on any atom is 0.144 e. The normalized spacial score (nSPS) is 23.7. The number of methoxy groups -OCH3 is 1. The Labute approximate surface area is 174 Å². The largest absolute Gasteiger partial charge is 0.494 e. The van der Waals surface area contributed by atoms with Crippen molar-refractivity contribution in [1.82, 2.24) is 9.97 Å². The third-order valence-electron chi connectivity index (χ3n) is 6.80. The molecule has 3 unspecified atom stereocenters. The predicted octanol–water partition coefficient (Wildman–Crippen LogP) is 6.61. The van der Waals surface area contributed by atoms with Crippen molar-refractivity contribution in [3.05, 3.63) is 46.9 Å². The van der Waals surface area contributed by atoms with E-state index in [9.17, 15) is 0 Å². The maximum absolute atomic E-state index is 5.62. The molecule has 0 saturated heterocycles. The van der Waals surface area contributed by atoms with E-state index in [-0.39, 0.29) is 0 Å². The van der Waals surface area contributed by atoms with Crippen molar-refractivity contribution in [3.63, 3.8) is 0 Å². The fourth-order valence-electron chi connectivity index (χ4n) is 5.05. The Bertz CT molecular complexity index is 929. The second-order valence-electron chi connectivity index (χ2n) is 8.58. The molecule has 29 heavy (non-hydrogen) atoms. The molecule has 0 radical (unpaired) electrons. The Morgan fingerprint density at radius 2 is 2.21 bits per heavy atom. The van der Waals surface area contributed by atoms with Gasteiger partial charge >= 0.3 is 0 Å². The molecule has 0 fully saturated rings. The number of rotatable bonds is 7. The van der Waals surface area contributed by atoms with Crippen LogP contribution in [0.4, 0.5) is 0 Å². The van der Waals surface area contributed by atoms with E-state index >= 15 is 0 Å². The van der Waals surface area contributed by atoms with Crippen molar-refractivity contribution in [3.8, 4) is 17.1 Å². The zero-order valence-electron chi connectivity index (χ0n) is 18.1. The molecule has 154 valence electrons. The highest BCUT2D eigenvalue weighted by atomic mass is 16.5. The van der Waals surface area contributed by atoms with Gasteiger partial charge in [-0.05, 0) is 60.0 Å². The van der Waals surface area contributed by atoms with Gasteiger partial charge in [0.2, 0.25) is 0 Å². The Balaban J connectivity index is 1.59.